The summed E-state index contributed by atoms with van der Waals surface area (Å²) in [7, 11) is 0. The molecule has 0 aromatic heterocycles. The SMILES string of the molecule is CC(C)N(CCC1=[C-]CC=C1)C(C)C.[K+]. The van der Waals surface area contributed by atoms with Gasteiger partial charge in [-0.2, -0.15) is 6.08 Å². The minimum atomic E-state index is 0. The van der Waals surface area contributed by atoms with Crippen LogP contribution in [0.4, 0.5) is 0 Å². The van der Waals surface area contributed by atoms with Crippen LogP contribution in [0.25, 0.3) is 0 Å². The normalized spacial score (nSPS) is 15.0. The average Bonchev–Trinajstić information content (AvgIpc) is 2.55. The molecule has 0 atom stereocenters. The van der Waals surface area contributed by atoms with Gasteiger partial charge in [0.15, 0.2) is 0 Å². The van der Waals surface area contributed by atoms with Crippen LogP contribution in [-0.4, -0.2) is 23.5 Å². The van der Waals surface area contributed by atoms with Crippen molar-refractivity contribution in [2.45, 2.75) is 52.6 Å². The number of nitrogens with zero attached hydrogens (tertiary/aromatic N) is 1. The van der Waals surface area contributed by atoms with E-state index < -0.39 is 0 Å². The molecule has 0 aromatic rings. The predicted molar refractivity (Wildman–Crippen MR) is 62.1 cm³/mol. The maximum atomic E-state index is 3.37. The van der Waals surface area contributed by atoms with Crippen LogP contribution >= 0.6 is 0 Å². The molecule has 1 nitrogen and oxygen atoms in total. The monoisotopic (exact) mass is 231 g/mol. The van der Waals surface area contributed by atoms with E-state index in [0.29, 0.717) is 12.1 Å². The van der Waals surface area contributed by atoms with Gasteiger partial charge in [-0.05, 0) is 40.7 Å². The van der Waals surface area contributed by atoms with Gasteiger partial charge in [0.05, 0.1) is 0 Å². The molecule has 0 amide bonds. The molecule has 0 heterocycles. The molecular weight excluding hydrogens is 209 g/mol. The molecule has 0 aromatic carbocycles. The summed E-state index contributed by atoms with van der Waals surface area (Å²) in [6.45, 7) is 10.2. The van der Waals surface area contributed by atoms with Crippen LogP contribution in [0.3, 0.4) is 0 Å². The van der Waals surface area contributed by atoms with E-state index in [-0.39, 0.29) is 51.4 Å². The zero-order valence-electron chi connectivity index (χ0n) is 10.9. The van der Waals surface area contributed by atoms with Crippen LogP contribution in [0.15, 0.2) is 17.7 Å². The fraction of sp³-hybridized carbons (Fsp3) is 0.692. The van der Waals surface area contributed by atoms with Gasteiger partial charge in [0.1, 0.15) is 0 Å². The van der Waals surface area contributed by atoms with Crippen molar-refractivity contribution in [2.75, 3.05) is 6.54 Å². The second-order valence-corrected chi connectivity index (χ2v) is 4.48. The summed E-state index contributed by atoms with van der Waals surface area (Å²) in [5.74, 6) is 0. The van der Waals surface area contributed by atoms with Crippen LogP contribution < -0.4 is 51.4 Å². The Labute approximate surface area is 137 Å². The van der Waals surface area contributed by atoms with Crippen molar-refractivity contribution in [3.05, 3.63) is 23.8 Å². The van der Waals surface area contributed by atoms with Crippen molar-refractivity contribution in [1.82, 2.24) is 4.90 Å². The Morgan fingerprint density at radius 2 is 1.87 bits per heavy atom. The van der Waals surface area contributed by atoms with E-state index in [1.165, 1.54) is 5.57 Å². The van der Waals surface area contributed by atoms with Crippen molar-refractivity contribution < 1.29 is 51.4 Å². The molecule has 1 rings (SSSR count). The quantitative estimate of drug-likeness (QED) is 0.482. The van der Waals surface area contributed by atoms with E-state index in [9.17, 15) is 0 Å². The molecule has 1 aliphatic carbocycles. The first-order valence-electron chi connectivity index (χ1n) is 5.63. The minimum Gasteiger partial charge on any atom is -0.298 e. The molecule has 80 valence electrons. The molecule has 15 heavy (non-hydrogen) atoms. The largest absolute Gasteiger partial charge is 1.00 e. The molecule has 0 N–H and O–H groups in total. The van der Waals surface area contributed by atoms with Crippen molar-refractivity contribution in [3.8, 4) is 0 Å². The van der Waals surface area contributed by atoms with Gasteiger partial charge < -0.3 is 0 Å². The third-order valence-electron chi connectivity index (χ3n) is 2.73. The molecular formula is C13H22KN. The Bertz CT molecular complexity index is 221. The molecule has 0 saturated carbocycles. The topological polar surface area (TPSA) is 3.24 Å². The van der Waals surface area contributed by atoms with Gasteiger partial charge in [-0.15, -0.1) is 6.42 Å². The first-order valence-corrected chi connectivity index (χ1v) is 5.63. The van der Waals surface area contributed by atoms with Crippen LogP contribution in [0, 0.1) is 6.08 Å². The number of rotatable bonds is 5. The summed E-state index contributed by atoms with van der Waals surface area (Å²) in [6, 6.07) is 1.28. The molecule has 0 unspecified atom stereocenters. The molecule has 0 aliphatic heterocycles. The van der Waals surface area contributed by atoms with Gasteiger partial charge in [0.2, 0.25) is 0 Å². The molecule has 0 bridgehead atoms. The Morgan fingerprint density at radius 3 is 2.27 bits per heavy atom. The Hall–Kier alpha value is 1.08. The minimum absolute atomic E-state index is 0. The zero-order valence-corrected chi connectivity index (χ0v) is 14.0. The maximum absolute atomic E-state index is 3.37. The molecule has 1 aliphatic rings. The van der Waals surface area contributed by atoms with Gasteiger partial charge in [-0.25, -0.2) is 11.6 Å². The van der Waals surface area contributed by atoms with Crippen molar-refractivity contribution in [3.63, 3.8) is 0 Å². The summed E-state index contributed by atoms with van der Waals surface area (Å²) in [4.78, 5) is 2.53. The second-order valence-electron chi connectivity index (χ2n) is 4.48. The van der Waals surface area contributed by atoms with E-state index in [2.05, 4.69) is 50.8 Å². The Morgan fingerprint density at radius 1 is 1.27 bits per heavy atom. The molecule has 0 radical (unpaired) electrons. The van der Waals surface area contributed by atoms with Crippen molar-refractivity contribution in [1.29, 1.82) is 0 Å². The predicted octanol–water partition coefficient (Wildman–Crippen LogP) is 0.189. The van der Waals surface area contributed by atoms with E-state index in [4.69, 9.17) is 0 Å². The molecule has 2 heteroatoms. The summed E-state index contributed by atoms with van der Waals surface area (Å²) in [5.41, 5.74) is 1.39. The Kier molecular flexibility index (Phi) is 8.80. The van der Waals surface area contributed by atoms with Crippen LogP contribution in [0.2, 0.25) is 0 Å². The smallest absolute Gasteiger partial charge is 0.298 e. The van der Waals surface area contributed by atoms with E-state index in [0.717, 1.165) is 19.4 Å². The van der Waals surface area contributed by atoms with Gasteiger partial charge in [0.25, 0.3) is 0 Å². The van der Waals surface area contributed by atoms with Crippen LogP contribution in [0.5, 0.6) is 0 Å². The fourth-order valence-corrected chi connectivity index (χ4v) is 1.98. The third-order valence-corrected chi connectivity index (χ3v) is 2.73. The van der Waals surface area contributed by atoms with Crippen molar-refractivity contribution >= 4 is 0 Å². The number of allylic oxidation sites excluding steroid dienone is 3. The number of hydrogen-bond donors (Lipinski definition) is 0. The zero-order chi connectivity index (χ0) is 10.6. The summed E-state index contributed by atoms with van der Waals surface area (Å²) in [5, 5.41) is 0. The fourth-order valence-electron chi connectivity index (χ4n) is 1.98. The van der Waals surface area contributed by atoms with Gasteiger partial charge >= 0.3 is 51.4 Å². The summed E-state index contributed by atoms with van der Waals surface area (Å²) < 4.78 is 0. The Balaban J connectivity index is 0.00000196. The first-order chi connectivity index (χ1) is 6.61. The van der Waals surface area contributed by atoms with Gasteiger partial charge in [-0.3, -0.25) is 11.0 Å². The van der Waals surface area contributed by atoms with Crippen molar-refractivity contribution in [2.24, 2.45) is 0 Å². The second kappa shape index (κ2) is 8.21. The third kappa shape index (κ3) is 5.80. The summed E-state index contributed by atoms with van der Waals surface area (Å²) in [6.07, 6.45) is 9.92. The average molecular weight is 231 g/mol. The van der Waals surface area contributed by atoms with E-state index in [1.54, 1.807) is 0 Å². The first kappa shape index (κ1) is 16.1. The van der Waals surface area contributed by atoms with Crippen LogP contribution in [0.1, 0.15) is 40.5 Å². The number of hydrogen-bond acceptors (Lipinski definition) is 1. The van der Waals surface area contributed by atoms with Gasteiger partial charge in [-0.1, -0.05) is 0 Å². The summed E-state index contributed by atoms with van der Waals surface area (Å²) >= 11 is 0. The van der Waals surface area contributed by atoms with Gasteiger partial charge in [0, 0.05) is 12.1 Å². The van der Waals surface area contributed by atoms with E-state index in [1.807, 2.05) is 0 Å². The molecule has 0 spiro atoms. The molecule has 0 fully saturated rings. The molecule has 0 saturated heterocycles. The standard InChI is InChI=1S/C13H22N.K/c1-11(2)14(12(3)4)10-9-13-7-5-6-8-13;/h5,7,11-12H,6,9-10H2,1-4H3;/q-1;+1. The van der Waals surface area contributed by atoms with E-state index >= 15 is 0 Å². The van der Waals surface area contributed by atoms with Crippen LogP contribution in [-0.2, 0) is 0 Å². The maximum Gasteiger partial charge on any atom is 1.00 e.